The molecule has 0 radical (unpaired) electrons. The summed E-state index contributed by atoms with van der Waals surface area (Å²) in [4.78, 5) is 2.09. The van der Waals surface area contributed by atoms with Gasteiger partial charge in [-0.3, -0.25) is 4.90 Å². The minimum atomic E-state index is -0.959. The van der Waals surface area contributed by atoms with E-state index in [1.54, 1.807) is 0 Å². The van der Waals surface area contributed by atoms with Crippen molar-refractivity contribution in [2.45, 2.75) is 43.6 Å². The van der Waals surface area contributed by atoms with Gasteiger partial charge in [0.25, 0.3) is 0 Å². The molecule has 0 aromatic rings. The first kappa shape index (κ1) is 9.40. The zero-order chi connectivity index (χ0) is 9.42. The molecule has 13 heavy (non-hydrogen) atoms. The maximum Gasteiger partial charge on any atom is 0.108 e. The van der Waals surface area contributed by atoms with E-state index >= 15 is 0 Å². The van der Waals surface area contributed by atoms with Crippen LogP contribution in [0, 0.1) is 0 Å². The van der Waals surface area contributed by atoms with E-state index in [-0.39, 0.29) is 6.04 Å². The minimum Gasteiger partial charge on any atom is -0.389 e. The molecule has 0 spiro atoms. The van der Waals surface area contributed by atoms with Crippen molar-refractivity contribution in [2.24, 2.45) is 0 Å². The van der Waals surface area contributed by atoms with Gasteiger partial charge in [-0.25, -0.2) is 0 Å². The number of fused-ring (bicyclic) bond motifs is 1. The topological polar surface area (TPSA) is 63.9 Å². The molecule has 2 fully saturated rings. The van der Waals surface area contributed by atoms with Gasteiger partial charge in [-0.1, -0.05) is 6.42 Å². The lowest BCUT2D eigenvalue weighted by molar-refractivity contribution is -0.144. The average molecular weight is 187 g/mol. The predicted molar refractivity (Wildman–Crippen MR) is 47.2 cm³/mol. The molecule has 0 bridgehead atoms. The van der Waals surface area contributed by atoms with Crippen molar-refractivity contribution < 1.29 is 15.3 Å². The van der Waals surface area contributed by atoms with Gasteiger partial charge in [0, 0.05) is 12.6 Å². The quantitative estimate of drug-likeness (QED) is 0.452. The third-order valence-electron chi connectivity index (χ3n) is 3.22. The summed E-state index contributed by atoms with van der Waals surface area (Å²) in [6.45, 7) is 1.44. The third kappa shape index (κ3) is 1.59. The SMILES string of the molecule is O[C@@H]1[C@H](O)[C@@H]2CCCCN2C[C@H]1O. The zero-order valence-electron chi connectivity index (χ0n) is 7.63. The van der Waals surface area contributed by atoms with Crippen LogP contribution < -0.4 is 0 Å². The fourth-order valence-electron chi connectivity index (χ4n) is 2.43. The second kappa shape index (κ2) is 3.53. The number of piperidine rings is 2. The first-order chi connectivity index (χ1) is 6.20. The molecule has 2 rings (SSSR count). The molecule has 0 aromatic heterocycles. The molecule has 2 saturated heterocycles. The Morgan fingerprint density at radius 1 is 1.00 bits per heavy atom. The normalized spacial score (nSPS) is 47.3. The third-order valence-corrected chi connectivity index (χ3v) is 3.22. The van der Waals surface area contributed by atoms with Crippen LogP contribution >= 0.6 is 0 Å². The summed E-state index contributed by atoms with van der Waals surface area (Å²) < 4.78 is 0. The van der Waals surface area contributed by atoms with Gasteiger partial charge in [0.05, 0.1) is 12.2 Å². The molecule has 0 aromatic carbocycles. The lowest BCUT2D eigenvalue weighted by Gasteiger charge is -2.46. The number of hydrogen-bond acceptors (Lipinski definition) is 4. The summed E-state index contributed by atoms with van der Waals surface area (Å²) in [5, 5.41) is 28.6. The Bertz CT molecular complexity index is 186. The Labute approximate surface area is 77.8 Å². The Kier molecular flexibility index (Phi) is 2.55. The van der Waals surface area contributed by atoms with Crippen molar-refractivity contribution in [2.75, 3.05) is 13.1 Å². The van der Waals surface area contributed by atoms with E-state index in [1.807, 2.05) is 0 Å². The first-order valence-electron chi connectivity index (χ1n) is 4.98. The Morgan fingerprint density at radius 2 is 1.77 bits per heavy atom. The van der Waals surface area contributed by atoms with Crippen molar-refractivity contribution in [3.05, 3.63) is 0 Å². The van der Waals surface area contributed by atoms with Gasteiger partial charge in [0.1, 0.15) is 6.10 Å². The molecule has 3 N–H and O–H groups in total. The van der Waals surface area contributed by atoms with Crippen LogP contribution in [0.3, 0.4) is 0 Å². The van der Waals surface area contributed by atoms with E-state index in [0.717, 1.165) is 25.8 Å². The van der Waals surface area contributed by atoms with Gasteiger partial charge in [-0.15, -0.1) is 0 Å². The van der Waals surface area contributed by atoms with E-state index in [9.17, 15) is 15.3 Å². The monoisotopic (exact) mass is 187 g/mol. The van der Waals surface area contributed by atoms with E-state index in [2.05, 4.69) is 4.90 Å². The van der Waals surface area contributed by atoms with Crippen molar-refractivity contribution in [3.63, 3.8) is 0 Å². The van der Waals surface area contributed by atoms with Crippen LogP contribution in [0.15, 0.2) is 0 Å². The lowest BCUT2D eigenvalue weighted by atomic mass is 9.88. The maximum atomic E-state index is 9.69. The van der Waals surface area contributed by atoms with Crippen molar-refractivity contribution in [3.8, 4) is 0 Å². The molecule has 0 saturated carbocycles. The van der Waals surface area contributed by atoms with Crippen LogP contribution in [0.5, 0.6) is 0 Å². The zero-order valence-corrected chi connectivity index (χ0v) is 7.63. The highest BCUT2D eigenvalue weighted by atomic mass is 16.4. The summed E-state index contributed by atoms with van der Waals surface area (Å²) in [6, 6.07) is 0.0622. The molecule has 2 heterocycles. The number of aliphatic hydroxyl groups excluding tert-OH is 3. The molecular formula is C9H17NO3. The average Bonchev–Trinajstić information content (AvgIpc) is 2.15. The van der Waals surface area contributed by atoms with Gasteiger partial charge in [-0.05, 0) is 19.4 Å². The highest BCUT2D eigenvalue weighted by molar-refractivity contribution is 4.95. The molecular weight excluding hydrogens is 170 g/mol. The van der Waals surface area contributed by atoms with E-state index in [4.69, 9.17) is 0 Å². The van der Waals surface area contributed by atoms with Gasteiger partial charge in [-0.2, -0.15) is 0 Å². The van der Waals surface area contributed by atoms with Crippen molar-refractivity contribution in [1.82, 2.24) is 4.90 Å². The van der Waals surface area contributed by atoms with Crippen LogP contribution in [0.25, 0.3) is 0 Å². The van der Waals surface area contributed by atoms with Gasteiger partial charge in [0.15, 0.2) is 0 Å². The largest absolute Gasteiger partial charge is 0.389 e. The number of rotatable bonds is 0. The van der Waals surface area contributed by atoms with Crippen LogP contribution in [0.4, 0.5) is 0 Å². The number of hydrogen-bond donors (Lipinski definition) is 3. The molecule has 4 heteroatoms. The van der Waals surface area contributed by atoms with Crippen LogP contribution in [-0.2, 0) is 0 Å². The highest BCUT2D eigenvalue weighted by Gasteiger charge is 2.41. The predicted octanol–water partition coefficient (Wildman–Crippen LogP) is -1.06. The first-order valence-corrected chi connectivity index (χ1v) is 4.98. The van der Waals surface area contributed by atoms with Crippen LogP contribution in [-0.4, -0.2) is 57.7 Å². The molecule has 4 nitrogen and oxygen atoms in total. The molecule has 2 aliphatic rings. The summed E-state index contributed by atoms with van der Waals surface area (Å²) in [5.74, 6) is 0. The highest BCUT2D eigenvalue weighted by Crippen LogP contribution is 2.26. The second-order valence-corrected chi connectivity index (χ2v) is 4.11. The second-order valence-electron chi connectivity index (χ2n) is 4.11. The van der Waals surface area contributed by atoms with E-state index in [1.165, 1.54) is 0 Å². The molecule has 0 unspecified atom stereocenters. The molecule has 0 amide bonds. The summed E-state index contributed by atoms with van der Waals surface area (Å²) >= 11 is 0. The molecule has 4 atom stereocenters. The number of nitrogens with zero attached hydrogens (tertiary/aromatic N) is 1. The summed E-state index contributed by atoms with van der Waals surface area (Å²) in [7, 11) is 0. The fourth-order valence-corrected chi connectivity index (χ4v) is 2.43. The van der Waals surface area contributed by atoms with E-state index in [0.29, 0.717) is 6.54 Å². The van der Waals surface area contributed by atoms with Crippen molar-refractivity contribution in [1.29, 1.82) is 0 Å². The summed E-state index contributed by atoms with van der Waals surface area (Å²) in [5.41, 5.74) is 0. The Morgan fingerprint density at radius 3 is 2.54 bits per heavy atom. The standard InChI is InChI=1S/C9H17NO3/c11-7-5-10-4-2-1-3-6(10)8(12)9(7)13/h6-9,11-13H,1-5H2/t6-,7+,8+,9-/m0/s1. The summed E-state index contributed by atoms with van der Waals surface area (Å²) in [6.07, 6.45) is 0.658. The van der Waals surface area contributed by atoms with Gasteiger partial charge in [0.2, 0.25) is 0 Å². The van der Waals surface area contributed by atoms with Crippen LogP contribution in [0.2, 0.25) is 0 Å². The molecule has 0 aliphatic carbocycles. The van der Waals surface area contributed by atoms with Gasteiger partial charge >= 0.3 is 0 Å². The maximum absolute atomic E-state index is 9.69. The smallest absolute Gasteiger partial charge is 0.108 e. The van der Waals surface area contributed by atoms with Gasteiger partial charge < -0.3 is 15.3 Å². The van der Waals surface area contributed by atoms with Crippen molar-refractivity contribution >= 4 is 0 Å². The number of aliphatic hydroxyl groups is 3. The molecule has 2 aliphatic heterocycles. The Balaban J connectivity index is 2.08. The fraction of sp³-hybridized carbons (Fsp3) is 1.00. The molecule has 76 valence electrons. The van der Waals surface area contributed by atoms with Crippen LogP contribution in [0.1, 0.15) is 19.3 Å². The lowest BCUT2D eigenvalue weighted by Crippen LogP contribution is -2.62. The Hall–Kier alpha value is -0.160. The van der Waals surface area contributed by atoms with E-state index < -0.39 is 18.3 Å². The minimum absolute atomic E-state index is 0.0622.